The Hall–Kier alpha value is 0.440. The van der Waals surface area contributed by atoms with Crippen molar-refractivity contribution in [2.45, 2.75) is 25.7 Å². The van der Waals surface area contributed by atoms with Crippen molar-refractivity contribution in [2.75, 3.05) is 25.5 Å². The van der Waals surface area contributed by atoms with Gasteiger partial charge in [-0.2, -0.15) is 0 Å². The van der Waals surface area contributed by atoms with E-state index in [9.17, 15) is 0 Å². The van der Waals surface area contributed by atoms with Crippen LogP contribution >= 0.6 is 15.9 Å². The number of alkyl halides is 1. The van der Waals surface area contributed by atoms with Crippen LogP contribution in [-0.4, -0.2) is 30.4 Å². The van der Waals surface area contributed by atoms with Crippen LogP contribution < -0.4 is 0 Å². The largest absolute Gasteiger partial charge is 0.306 e. The summed E-state index contributed by atoms with van der Waals surface area (Å²) in [4.78, 5) is 2.53. The van der Waals surface area contributed by atoms with E-state index in [-0.39, 0.29) is 0 Å². The maximum Gasteiger partial charge on any atom is 0.0100 e. The summed E-state index contributed by atoms with van der Waals surface area (Å²) in [5.74, 6) is 1.04. The van der Waals surface area contributed by atoms with Gasteiger partial charge in [0, 0.05) is 18.4 Å². The van der Waals surface area contributed by atoms with Gasteiger partial charge >= 0.3 is 0 Å². The Morgan fingerprint density at radius 3 is 2.50 bits per heavy atom. The lowest BCUT2D eigenvalue weighted by Crippen LogP contribution is -2.29. The second-order valence-corrected chi connectivity index (χ2v) is 5.33. The minimum absolute atomic E-state index is 0.670. The minimum Gasteiger partial charge on any atom is -0.306 e. The number of halogens is 1. The molecule has 2 aliphatic carbocycles. The Kier molecular flexibility index (Phi) is 2.48. The molecule has 0 spiro atoms. The molecule has 0 atom stereocenters. The highest BCUT2D eigenvalue weighted by Gasteiger charge is 2.42. The predicted molar refractivity (Wildman–Crippen MR) is 55.7 cm³/mol. The summed E-state index contributed by atoms with van der Waals surface area (Å²) >= 11 is 3.62. The average Bonchev–Trinajstić information content (AvgIpc) is 2.86. The molecule has 12 heavy (non-hydrogen) atoms. The molecule has 2 fully saturated rings. The first-order valence-corrected chi connectivity index (χ1v) is 6.11. The summed E-state index contributed by atoms with van der Waals surface area (Å²) in [6, 6.07) is 0. The third kappa shape index (κ3) is 2.23. The quantitative estimate of drug-likeness (QED) is 0.658. The van der Waals surface area contributed by atoms with Crippen LogP contribution in [0.2, 0.25) is 0 Å². The van der Waals surface area contributed by atoms with Gasteiger partial charge < -0.3 is 4.90 Å². The van der Waals surface area contributed by atoms with E-state index in [0.29, 0.717) is 5.41 Å². The summed E-state index contributed by atoms with van der Waals surface area (Å²) in [6.45, 7) is 2.66. The molecule has 1 nitrogen and oxygen atoms in total. The molecule has 0 unspecified atom stereocenters. The van der Waals surface area contributed by atoms with Gasteiger partial charge in [0.2, 0.25) is 0 Å². The van der Waals surface area contributed by atoms with Crippen LogP contribution in [0.25, 0.3) is 0 Å². The van der Waals surface area contributed by atoms with Gasteiger partial charge in [0.05, 0.1) is 0 Å². The van der Waals surface area contributed by atoms with Crippen molar-refractivity contribution < 1.29 is 0 Å². The molecule has 0 aliphatic heterocycles. The highest BCUT2D eigenvalue weighted by Crippen LogP contribution is 2.47. The molecule has 70 valence electrons. The monoisotopic (exact) mass is 231 g/mol. The molecular weight excluding hydrogens is 214 g/mol. The summed E-state index contributed by atoms with van der Waals surface area (Å²) in [5, 5.41) is 1.20. The topological polar surface area (TPSA) is 3.24 Å². The lowest BCUT2D eigenvalue weighted by molar-refractivity contribution is 0.268. The Morgan fingerprint density at radius 1 is 1.42 bits per heavy atom. The Morgan fingerprint density at radius 2 is 2.08 bits per heavy atom. The van der Waals surface area contributed by atoms with E-state index in [1.807, 2.05) is 0 Å². The molecule has 0 radical (unpaired) electrons. The molecule has 0 bridgehead atoms. The molecule has 2 heteroatoms. The number of hydrogen-bond acceptors (Lipinski definition) is 1. The number of rotatable bonds is 5. The van der Waals surface area contributed by atoms with E-state index in [1.54, 1.807) is 0 Å². The summed E-state index contributed by atoms with van der Waals surface area (Å²) in [7, 11) is 2.28. The molecule has 0 N–H and O–H groups in total. The summed E-state index contributed by atoms with van der Waals surface area (Å²) in [5.41, 5.74) is 0.670. The van der Waals surface area contributed by atoms with E-state index in [2.05, 4.69) is 27.9 Å². The molecule has 0 saturated heterocycles. The van der Waals surface area contributed by atoms with E-state index in [1.165, 1.54) is 44.1 Å². The van der Waals surface area contributed by atoms with E-state index >= 15 is 0 Å². The molecule has 0 heterocycles. The van der Waals surface area contributed by atoms with Crippen molar-refractivity contribution in [1.29, 1.82) is 0 Å². The minimum atomic E-state index is 0.670. The molecule has 2 rings (SSSR count). The lowest BCUT2D eigenvalue weighted by atomic mass is 10.1. The van der Waals surface area contributed by atoms with Gasteiger partial charge in [-0.1, -0.05) is 15.9 Å². The Bertz CT molecular complexity index is 161. The first-order valence-electron chi connectivity index (χ1n) is 4.99. The lowest BCUT2D eigenvalue weighted by Gasteiger charge is -2.21. The smallest absolute Gasteiger partial charge is 0.0100 e. The molecule has 2 saturated carbocycles. The zero-order valence-corrected chi connectivity index (χ0v) is 9.44. The van der Waals surface area contributed by atoms with Crippen LogP contribution in [0.15, 0.2) is 0 Å². The normalized spacial score (nSPS) is 26.2. The second kappa shape index (κ2) is 3.30. The van der Waals surface area contributed by atoms with Gasteiger partial charge in [-0.25, -0.2) is 0 Å². The van der Waals surface area contributed by atoms with Crippen LogP contribution in [0, 0.1) is 11.3 Å². The first kappa shape index (κ1) is 9.01. The molecular formula is C10H18BrN. The Labute approximate surface area is 83.6 Å². The fourth-order valence-corrected chi connectivity index (χ4v) is 2.63. The first-order chi connectivity index (χ1) is 5.74. The highest BCUT2D eigenvalue weighted by atomic mass is 79.9. The maximum atomic E-state index is 3.62. The fourth-order valence-electron chi connectivity index (χ4n) is 1.89. The second-order valence-electron chi connectivity index (χ2n) is 4.77. The van der Waals surface area contributed by atoms with Crippen molar-refractivity contribution in [3.05, 3.63) is 0 Å². The zero-order valence-electron chi connectivity index (χ0n) is 7.85. The van der Waals surface area contributed by atoms with Gasteiger partial charge in [0.25, 0.3) is 0 Å². The predicted octanol–water partition coefficient (Wildman–Crippen LogP) is 2.50. The maximum absolute atomic E-state index is 3.62. The molecule has 0 aromatic carbocycles. The van der Waals surface area contributed by atoms with Gasteiger partial charge in [-0.15, -0.1) is 0 Å². The van der Waals surface area contributed by atoms with E-state index in [4.69, 9.17) is 0 Å². The van der Waals surface area contributed by atoms with Gasteiger partial charge in [0.1, 0.15) is 0 Å². The van der Waals surface area contributed by atoms with Crippen LogP contribution in [0.4, 0.5) is 0 Å². The number of nitrogens with zero attached hydrogens (tertiary/aromatic N) is 1. The number of hydrogen-bond donors (Lipinski definition) is 0. The van der Waals surface area contributed by atoms with Gasteiger partial charge in [-0.3, -0.25) is 0 Å². The van der Waals surface area contributed by atoms with Crippen molar-refractivity contribution in [3.8, 4) is 0 Å². The van der Waals surface area contributed by atoms with Gasteiger partial charge in [-0.05, 0) is 44.1 Å². The SMILES string of the molecule is CN(CC1CC1)CC1(CBr)CC1. The Balaban J connectivity index is 1.70. The third-order valence-electron chi connectivity index (χ3n) is 3.11. The molecule has 0 aromatic rings. The zero-order chi connectivity index (χ0) is 8.60. The van der Waals surface area contributed by atoms with Crippen LogP contribution in [0.5, 0.6) is 0 Å². The van der Waals surface area contributed by atoms with Crippen molar-refractivity contribution in [3.63, 3.8) is 0 Å². The molecule has 2 aliphatic rings. The average molecular weight is 232 g/mol. The van der Waals surface area contributed by atoms with Crippen LogP contribution in [-0.2, 0) is 0 Å². The van der Waals surface area contributed by atoms with Crippen LogP contribution in [0.3, 0.4) is 0 Å². The van der Waals surface area contributed by atoms with E-state index in [0.717, 1.165) is 5.92 Å². The summed E-state index contributed by atoms with van der Waals surface area (Å²) < 4.78 is 0. The van der Waals surface area contributed by atoms with Crippen molar-refractivity contribution in [2.24, 2.45) is 11.3 Å². The molecule has 0 amide bonds. The molecule has 0 aromatic heterocycles. The standard InChI is InChI=1S/C10H18BrN/c1-12(6-9-2-3-9)8-10(7-11)4-5-10/h9H,2-8H2,1H3. The van der Waals surface area contributed by atoms with Crippen LogP contribution in [0.1, 0.15) is 25.7 Å². The summed E-state index contributed by atoms with van der Waals surface area (Å²) in [6.07, 6.45) is 5.83. The van der Waals surface area contributed by atoms with Gasteiger partial charge in [0.15, 0.2) is 0 Å². The third-order valence-corrected chi connectivity index (χ3v) is 4.30. The van der Waals surface area contributed by atoms with E-state index < -0.39 is 0 Å². The van der Waals surface area contributed by atoms with Crippen molar-refractivity contribution in [1.82, 2.24) is 4.90 Å². The highest BCUT2D eigenvalue weighted by molar-refractivity contribution is 9.09. The fraction of sp³-hybridized carbons (Fsp3) is 1.00. The van der Waals surface area contributed by atoms with Crippen molar-refractivity contribution >= 4 is 15.9 Å².